The molecule has 0 amide bonds. The van der Waals surface area contributed by atoms with Crippen LogP contribution in [0.3, 0.4) is 0 Å². The first-order chi connectivity index (χ1) is 25.5. The molecule has 18 heteroatoms. The normalized spacial score (nSPS) is 12.4. The van der Waals surface area contributed by atoms with E-state index in [1.807, 2.05) is 25.1 Å². The molecule has 0 saturated heterocycles. The monoisotopic (exact) mass is 767 g/mol. The number of nitrogen functional groups attached to an aromatic ring is 1. The van der Waals surface area contributed by atoms with E-state index in [9.17, 15) is 41.3 Å². The highest BCUT2D eigenvalue weighted by atomic mass is 32.2. The van der Waals surface area contributed by atoms with Gasteiger partial charge in [0.25, 0.3) is 20.2 Å². The minimum atomic E-state index is -4.72. The van der Waals surface area contributed by atoms with E-state index in [0.717, 1.165) is 34.4 Å². The first-order valence-corrected chi connectivity index (χ1v) is 18.5. The van der Waals surface area contributed by atoms with Crippen LogP contribution in [0.1, 0.15) is 11.1 Å². The number of benzene rings is 6. The Morgan fingerprint density at radius 1 is 0.500 bits per heavy atom. The summed E-state index contributed by atoms with van der Waals surface area (Å²) < 4.78 is 65.7. The Kier molecular flexibility index (Phi) is 9.93. The Morgan fingerprint density at radius 2 is 1.00 bits per heavy atom. The molecule has 0 aromatic heterocycles. The minimum Gasteiger partial charge on any atom is -0.506 e. The summed E-state index contributed by atoms with van der Waals surface area (Å²) in [6.45, 7) is 3.63. The standard InChI is InChI=1S/C36H29N7O9S2/c1-19-15-21(22-8-10-27(20(2)16-22)39-42-30-18-34(54(50,51)52)32(45)17-25(30)37)7-9-26(19)38-41-29-11-13-31(44)35(36(29)46)43-40-28-12-14-33(53(47,48)49)24-6-4-3-5-23(24)28/h3-18,44-46H,37H2,1-2H3,(H,47,48,49)(H,50,51,52). The lowest BCUT2D eigenvalue weighted by Gasteiger charge is -2.08. The second-order valence-corrected chi connectivity index (χ2v) is 14.6. The predicted octanol–water partition coefficient (Wildman–Crippen LogP) is 9.56. The molecule has 0 atom stereocenters. The van der Waals surface area contributed by atoms with Gasteiger partial charge in [-0.25, -0.2) is 0 Å². The molecule has 0 aliphatic heterocycles. The lowest BCUT2D eigenvalue weighted by Crippen LogP contribution is -1.99. The van der Waals surface area contributed by atoms with Crippen molar-refractivity contribution < 1.29 is 41.3 Å². The number of phenols is 3. The van der Waals surface area contributed by atoms with Crippen LogP contribution in [0.4, 0.5) is 39.8 Å². The van der Waals surface area contributed by atoms with Gasteiger partial charge in [-0.15, -0.1) is 20.5 Å². The Labute approximate surface area is 307 Å². The molecule has 0 unspecified atom stereocenters. The lowest BCUT2D eigenvalue weighted by molar-refractivity contribution is 0.443. The van der Waals surface area contributed by atoms with Crippen molar-refractivity contribution in [1.29, 1.82) is 0 Å². The van der Waals surface area contributed by atoms with Gasteiger partial charge >= 0.3 is 0 Å². The number of phenolic OH excluding ortho intramolecular Hbond substituents is 3. The van der Waals surface area contributed by atoms with Gasteiger partial charge in [-0.05, 0) is 90.7 Å². The lowest BCUT2D eigenvalue weighted by atomic mass is 10.0. The Bertz CT molecular complexity index is 2810. The van der Waals surface area contributed by atoms with Crippen molar-refractivity contribution in [2.24, 2.45) is 30.7 Å². The van der Waals surface area contributed by atoms with Gasteiger partial charge in [-0.3, -0.25) is 9.11 Å². The zero-order valence-corrected chi connectivity index (χ0v) is 29.8. The number of hydrogen-bond donors (Lipinski definition) is 6. The van der Waals surface area contributed by atoms with Gasteiger partial charge in [0, 0.05) is 16.8 Å². The summed E-state index contributed by atoms with van der Waals surface area (Å²) in [5.74, 6) is -1.62. The van der Waals surface area contributed by atoms with Gasteiger partial charge in [-0.1, -0.05) is 36.4 Å². The van der Waals surface area contributed by atoms with Crippen molar-refractivity contribution in [3.05, 3.63) is 108 Å². The van der Waals surface area contributed by atoms with Crippen molar-refractivity contribution in [1.82, 2.24) is 0 Å². The molecule has 16 nitrogen and oxygen atoms in total. The van der Waals surface area contributed by atoms with Gasteiger partial charge < -0.3 is 21.1 Å². The number of aryl methyl sites for hydroxylation is 2. The molecule has 0 fully saturated rings. The number of fused-ring (bicyclic) bond motifs is 1. The molecule has 0 heterocycles. The molecule has 6 rings (SSSR count). The molecule has 0 aliphatic carbocycles. The fourth-order valence-electron chi connectivity index (χ4n) is 5.39. The quantitative estimate of drug-likeness (QED) is 0.0460. The second kappa shape index (κ2) is 14.4. The van der Waals surface area contributed by atoms with Crippen LogP contribution in [0.15, 0.2) is 138 Å². The van der Waals surface area contributed by atoms with Crippen LogP contribution in [-0.4, -0.2) is 41.3 Å². The number of azo groups is 3. The SMILES string of the molecule is Cc1cc(-c2ccc(N=Nc3ccc(O)c(N=Nc4ccc(S(=O)(=O)O)c5ccccc45)c3O)c(C)c2)ccc1N=Nc1cc(S(=O)(=O)O)c(O)cc1N. The highest BCUT2D eigenvalue weighted by molar-refractivity contribution is 7.86. The van der Waals surface area contributed by atoms with Crippen LogP contribution in [0.25, 0.3) is 21.9 Å². The number of aromatic hydroxyl groups is 3. The maximum Gasteiger partial charge on any atom is 0.298 e. The molecule has 0 aliphatic rings. The number of nitrogens with zero attached hydrogens (tertiary/aromatic N) is 6. The van der Waals surface area contributed by atoms with E-state index in [0.29, 0.717) is 16.8 Å². The number of rotatable bonds is 9. The molecule has 6 aromatic rings. The summed E-state index contributed by atoms with van der Waals surface area (Å²) in [5, 5.41) is 56.5. The second-order valence-electron chi connectivity index (χ2n) is 11.9. The van der Waals surface area contributed by atoms with Crippen LogP contribution in [0.2, 0.25) is 0 Å². The molecule has 274 valence electrons. The Hall–Kier alpha value is -6.60. The van der Waals surface area contributed by atoms with Gasteiger partial charge in [0.2, 0.25) is 0 Å². The summed E-state index contributed by atoms with van der Waals surface area (Å²) in [6.07, 6.45) is 0. The van der Waals surface area contributed by atoms with Crippen LogP contribution < -0.4 is 5.73 Å². The first-order valence-electron chi connectivity index (χ1n) is 15.6. The molecule has 54 heavy (non-hydrogen) atoms. The van der Waals surface area contributed by atoms with E-state index < -0.39 is 42.4 Å². The number of anilines is 1. The maximum atomic E-state index is 11.8. The predicted molar refractivity (Wildman–Crippen MR) is 200 cm³/mol. The zero-order chi connectivity index (χ0) is 38.9. The molecule has 6 aromatic carbocycles. The van der Waals surface area contributed by atoms with Gasteiger partial charge in [0.05, 0.1) is 22.7 Å². The van der Waals surface area contributed by atoms with E-state index in [-0.39, 0.29) is 38.7 Å². The molecule has 0 saturated carbocycles. The van der Waals surface area contributed by atoms with E-state index in [1.54, 1.807) is 43.3 Å². The van der Waals surface area contributed by atoms with Crippen LogP contribution >= 0.6 is 0 Å². The summed E-state index contributed by atoms with van der Waals surface area (Å²) in [4.78, 5) is -1.05. The van der Waals surface area contributed by atoms with Crippen molar-refractivity contribution in [2.45, 2.75) is 23.6 Å². The Morgan fingerprint density at radius 3 is 1.57 bits per heavy atom. The van der Waals surface area contributed by atoms with Crippen molar-refractivity contribution in [3.8, 4) is 28.4 Å². The maximum absolute atomic E-state index is 11.8. The third-order valence-electron chi connectivity index (χ3n) is 8.15. The average molecular weight is 768 g/mol. The fourth-order valence-corrected chi connectivity index (χ4v) is 6.67. The third kappa shape index (κ3) is 7.76. The molecule has 0 radical (unpaired) electrons. The van der Waals surface area contributed by atoms with Crippen molar-refractivity contribution >= 4 is 70.8 Å². The summed E-state index contributed by atoms with van der Waals surface area (Å²) in [7, 11) is -9.23. The van der Waals surface area contributed by atoms with Crippen LogP contribution in [0, 0.1) is 13.8 Å². The average Bonchev–Trinajstić information content (AvgIpc) is 3.10. The molecule has 0 bridgehead atoms. The molecular formula is C36H29N7O9S2. The third-order valence-corrected chi connectivity index (χ3v) is 9.94. The van der Waals surface area contributed by atoms with Gasteiger partial charge in [-0.2, -0.15) is 27.1 Å². The van der Waals surface area contributed by atoms with Crippen LogP contribution in [0.5, 0.6) is 17.2 Å². The molecule has 7 N–H and O–H groups in total. The summed E-state index contributed by atoms with van der Waals surface area (Å²) in [5.41, 5.74) is 9.72. The largest absolute Gasteiger partial charge is 0.506 e. The Balaban J connectivity index is 1.22. The van der Waals surface area contributed by atoms with Crippen molar-refractivity contribution in [2.75, 3.05) is 5.73 Å². The number of hydrogen-bond acceptors (Lipinski definition) is 14. The smallest absolute Gasteiger partial charge is 0.298 e. The molecule has 0 spiro atoms. The highest BCUT2D eigenvalue weighted by Crippen LogP contribution is 2.45. The topological polar surface area (TPSA) is 270 Å². The first kappa shape index (κ1) is 37.2. The highest BCUT2D eigenvalue weighted by Gasteiger charge is 2.19. The summed E-state index contributed by atoms with van der Waals surface area (Å²) in [6, 6.07) is 24.1. The van der Waals surface area contributed by atoms with Crippen molar-refractivity contribution in [3.63, 3.8) is 0 Å². The zero-order valence-electron chi connectivity index (χ0n) is 28.2. The van der Waals surface area contributed by atoms with E-state index in [4.69, 9.17) is 5.73 Å². The summed E-state index contributed by atoms with van der Waals surface area (Å²) >= 11 is 0. The van der Waals surface area contributed by atoms with Gasteiger partial charge in [0.15, 0.2) is 11.4 Å². The minimum absolute atomic E-state index is 0.0135. The van der Waals surface area contributed by atoms with E-state index >= 15 is 0 Å². The number of nitrogens with two attached hydrogens (primary N) is 1. The van der Waals surface area contributed by atoms with Gasteiger partial charge in [0.1, 0.15) is 32.7 Å². The molecular weight excluding hydrogens is 739 g/mol. The van der Waals surface area contributed by atoms with Crippen LogP contribution in [-0.2, 0) is 20.2 Å². The van der Waals surface area contributed by atoms with E-state index in [2.05, 4.69) is 30.7 Å². The van der Waals surface area contributed by atoms with E-state index in [1.165, 1.54) is 30.3 Å². The fraction of sp³-hybridized carbons (Fsp3) is 0.0556.